The van der Waals surface area contributed by atoms with Gasteiger partial charge >= 0.3 is 13.3 Å². The van der Waals surface area contributed by atoms with Gasteiger partial charge in [0.15, 0.2) is 0 Å². The third-order valence-electron chi connectivity index (χ3n) is 1.89. The minimum atomic E-state index is -1.43. The SMILES string of the molecule is CCC(N)C(=O)C[C@@H](C)B(O)O.O=C=O. The first-order valence-electron chi connectivity index (χ1n) is 4.54. The lowest BCUT2D eigenvalue weighted by atomic mass is 9.71. The quantitative estimate of drug-likeness (QED) is 0.506. The largest absolute Gasteiger partial charge is 0.454 e. The summed E-state index contributed by atoms with van der Waals surface area (Å²) in [6.07, 6.45) is 0.972. The summed E-state index contributed by atoms with van der Waals surface area (Å²) < 4.78 is 0. The van der Waals surface area contributed by atoms with Gasteiger partial charge in [-0.15, -0.1) is 0 Å². The van der Waals surface area contributed by atoms with Crippen LogP contribution in [0.2, 0.25) is 5.82 Å². The Morgan fingerprint density at radius 3 is 2.13 bits per heavy atom. The molecule has 1 unspecified atom stereocenters. The molecule has 0 aromatic rings. The fourth-order valence-corrected chi connectivity index (χ4v) is 0.802. The van der Waals surface area contributed by atoms with Gasteiger partial charge in [-0.3, -0.25) is 4.79 Å². The molecule has 2 atom stereocenters. The van der Waals surface area contributed by atoms with Crippen molar-refractivity contribution in [2.75, 3.05) is 0 Å². The number of carbonyl (C=O) groups is 1. The molecule has 7 heteroatoms. The fourth-order valence-electron chi connectivity index (χ4n) is 0.802. The molecule has 0 aliphatic carbocycles. The zero-order chi connectivity index (χ0) is 12.4. The van der Waals surface area contributed by atoms with Gasteiger partial charge in [0.25, 0.3) is 0 Å². The van der Waals surface area contributed by atoms with Crippen LogP contribution in [0.25, 0.3) is 0 Å². The van der Waals surface area contributed by atoms with Crippen LogP contribution in [0.4, 0.5) is 0 Å². The molecule has 0 amide bonds. The molecule has 86 valence electrons. The van der Waals surface area contributed by atoms with Crippen molar-refractivity contribution in [1.29, 1.82) is 0 Å². The summed E-state index contributed by atoms with van der Waals surface area (Å²) >= 11 is 0. The van der Waals surface area contributed by atoms with Crippen LogP contribution in [0, 0.1) is 0 Å². The van der Waals surface area contributed by atoms with Gasteiger partial charge in [-0.1, -0.05) is 13.8 Å². The van der Waals surface area contributed by atoms with E-state index in [1.165, 1.54) is 0 Å². The topological polar surface area (TPSA) is 118 Å². The molecule has 0 saturated carbocycles. The van der Waals surface area contributed by atoms with Crippen LogP contribution >= 0.6 is 0 Å². The summed E-state index contributed by atoms with van der Waals surface area (Å²) in [4.78, 5) is 27.4. The van der Waals surface area contributed by atoms with Crippen LogP contribution in [-0.2, 0) is 14.4 Å². The van der Waals surface area contributed by atoms with Crippen molar-refractivity contribution in [2.24, 2.45) is 5.73 Å². The van der Waals surface area contributed by atoms with Crippen molar-refractivity contribution in [3.05, 3.63) is 0 Å². The zero-order valence-corrected chi connectivity index (χ0v) is 8.84. The Morgan fingerprint density at radius 1 is 1.47 bits per heavy atom. The summed E-state index contributed by atoms with van der Waals surface area (Å²) in [7, 11) is -1.43. The highest BCUT2D eigenvalue weighted by Crippen LogP contribution is 2.12. The summed E-state index contributed by atoms with van der Waals surface area (Å²) in [5, 5.41) is 17.4. The Labute approximate surface area is 88.6 Å². The van der Waals surface area contributed by atoms with Crippen molar-refractivity contribution in [3.8, 4) is 0 Å². The van der Waals surface area contributed by atoms with Crippen molar-refractivity contribution in [1.82, 2.24) is 0 Å². The molecule has 0 rings (SSSR count). The van der Waals surface area contributed by atoms with Gasteiger partial charge in [0.05, 0.1) is 6.04 Å². The Kier molecular flexibility index (Phi) is 10.5. The normalized spacial score (nSPS) is 12.9. The smallest absolute Gasteiger partial charge is 0.427 e. The third-order valence-corrected chi connectivity index (χ3v) is 1.89. The second kappa shape index (κ2) is 9.55. The lowest BCUT2D eigenvalue weighted by Gasteiger charge is -2.11. The predicted octanol–water partition coefficient (Wildman–Crippen LogP) is -1.04. The first-order valence-corrected chi connectivity index (χ1v) is 4.54. The van der Waals surface area contributed by atoms with Crippen LogP contribution in [0.3, 0.4) is 0 Å². The van der Waals surface area contributed by atoms with E-state index < -0.39 is 19.0 Å². The molecule has 0 aromatic heterocycles. The number of carbonyl (C=O) groups excluding carboxylic acids is 3. The third kappa shape index (κ3) is 9.30. The van der Waals surface area contributed by atoms with E-state index in [1.807, 2.05) is 6.92 Å². The molecule has 0 bridgehead atoms. The highest BCUT2D eigenvalue weighted by molar-refractivity contribution is 6.43. The van der Waals surface area contributed by atoms with Gasteiger partial charge in [-0.05, 0) is 12.2 Å². The molecule has 0 aliphatic heterocycles. The minimum Gasteiger partial charge on any atom is -0.427 e. The Morgan fingerprint density at radius 2 is 1.87 bits per heavy atom. The molecule has 0 fully saturated rings. The average Bonchev–Trinajstić information content (AvgIpc) is 2.17. The van der Waals surface area contributed by atoms with E-state index in [2.05, 4.69) is 0 Å². The van der Waals surface area contributed by atoms with E-state index in [-0.39, 0.29) is 18.4 Å². The highest BCUT2D eigenvalue weighted by atomic mass is 16.4. The number of nitrogens with two attached hydrogens (primary N) is 1. The van der Waals surface area contributed by atoms with Gasteiger partial charge in [-0.25, -0.2) is 0 Å². The standard InChI is InChI=1S/C7H16BNO3.CO2/c1-3-6(9)7(10)4-5(2)8(11)12;2-1-3/h5-6,11-12H,3-4,9H2,1-2H3;/t5-,6?;/m1./s1. The lowest BCUT2D eigenvalue weighted by molar-refractivity contribution is -0.191. The van der Waals surface area contributed by atoms with E-state index >= 15 is 0 Å². The van der Waals surface area contributed by atoms with Crippen LogP contribution in [0.15, 0.2) is 0 Å². The van der Waals surface area contributed by atoms with Crippen molar-refractivity contribution in [2.45, 2.75) is 38.5 Å². The molecule has 0 saturated heterocycles. The van der Waals surface area contributed by atoms with E-state index in [0.717, 1.165) is 0 Å². The summed E-state index contributed by atoms with van der Waals surface area (Å²) in [5.41, 5.74) is 5.45. The molecule has 0 radical (unpaired) electrons. The Balaban J connectivity index is 0. The maximum Gasteiger partial charge on any atom is 0.454 e. The van der Waals surface area contributed by atoms with Crippen molar-refractivity contribution >= 4 is 19.1 Å². The van der Waals surface area contributed by atoms with E-state index in [1.54, 1.807) is 6.92 Å². The van der Waals surface area contributed by atoms with Gasteiger partial charge < -0.3 is 15.8 Å². The molecule has 4 N–H and O–H groups in total. The molecular formula is C8H16BNO5. The van der Waals surface area contributed by atoms with Crippen LogP contribution in [-0.4, -0.2) is 35.1 Å². The van der Waals surface area contributed by atoms with E-state index in [0.29, 0.717) is 6.42 Å². The number of rotatable bonds is 5. The minimum absolute atomic E-state index is 0.113. The summed E-state index contributed by atoms with van der Waals surface area (Å²) in [5.74, 6) is -0.548. The molecule has 15 heavy (non-hydrogen) atoms. The molecule has 0 aliphatic rings. The van der Waals surface area contributed by atoms with E-state index in [4.69, 9.17) is 25.4 Å². The summed E-state index contributed by atoms with van der Waals surface area (Å²) in [6, 6.07) is -0.466. The predicted molar refractivity (Wildman–Crippen MR) is 52.5 cm³/mol. The molecule has 6 nitrogen and oxygen atoms in total. The Hall–Kier alpha value is -1.01. The van der Waals surface area contributed by atoms with E-state index in [9.17, 15) is 4.79 Å². The number of Topliss-reactive ketones (excluding diaryl/α,β-unsaturated/α-hetero) is 1. The Bertz CT molecular complexity index is 215. The van der Waals surface area contributed by atoms with Crippen molar-refractivity contribution in [3.63, 3.8) is 0 Å². The van der Waals surface area contributed by atoms with Crippen LogP contribution in [0.1, 0.15) is 26.7 Å². The van der Waals surface area contributed by atoms with Gasteiger partial charge in [-0.2, -0.15) is 9.59 Å². The van der Waals surface area contributed by atoms with Crippen LogP contribution in [0.5, 0.6) is 0 Å². The molecular weight excluding hydrogens is 201 g/mol. The average molecular weight is 217 g/mol. The number of hydrogen-bond acceptors (Lipinski definition) is 6. The zero-order valence-electron chi connectivity index (χ0n) is 8.84. The van der Waals surface area contributed by atoms with Gasteiger partial charge in [0.2, 0.25) is 0 Å². The van der Waals surface area contributed by atoms with Crippen molar-refractivity contribution < 1.29 is 24.4 Å². The monoisotopic (exact) mass is 217 g/mol. The maximum absolute atomic E-state index is 11.1. The van der Waals surface area contributed by atoms with Gasteiger partial charge in [0.1, 0.15) is 5.78 Å². The maximum atomic E-state index is 11.1. The lowest BCUT2D eigenvalue weighted by Crippen LogP contribution is -2.32. The number of hydrogen-bond donors (Lipinski definition) is 3. The fraction of sp³-hybridized carbons (Fsp3) is 0.750. The number of ketones is 1. The first-order chi connectivity index (χ1) is 6.90. The molecule has 0 heterocycles. The van der Waals surface area contributed by atoms with Gasteiger partial charge in [0, 0.05) is 6.42 Å². The second-order valence-corrected chi connectivity index (χ2v) is 3.16. The summed E-state index contributed by atoms with van der Waals surface area (Å²) in [6.45, 7) is 3.42. The molecule has 0 aromatic carbocycles. The van der Waals surface area contributed by atoms with Crippen LogP contribution < -0.4 is 5.73 Å². The second-order valence-electron chi connectivity index (χ2n) is 3.16. The first kappa shape index (κ1) is 16.4. The highest BCUT2D eigenvalue weighted by Gasteiger charge is 2.23. The molecule has 0 spiro atoms.